The van der Waals surface area contributed by atoms with E-state index >= 15 is 0 Å². The number of nitrogens with one attached hydrogen (secondary N) is 3. The monoisotopic (exact) mass is 1110 g/mol. The zero-order valence-electron chi connectivity index (χ0n) is 45.5. The largest absolute Gasteiger partial charge is 0.493 e. The molecule has 0 spiro atoms. The molecule has 0 saturated carbocycles. The summed E-state index contributed by atoms with van der Waals surface area (Å²) in [5.41, 5.74) is 7.04. The second kappa shape index (κ2) is 24.2. The summed E-state index contributed by atoms with van der Waals surface area (Å²) in [4.78, 5) is 93.0. The smallest absolute Gasteiger partial charge is 0.261 e. The molecule has 5 aromatic rings. The summed E-state index contributed by atoms with van der Waals surface area (Å²) in [5.74, 6) is -0.269. The van der Waals surface area contributed by atoms with Crippen LogP contribution >= 0.6 is 21.6 Å². The van der Waals surface area contributed by atoms with Gasteiger partial charge in [0.05, 0.1) is 48.8 Å². The predicted octanol–water partition coefficient (Wildman–Crippen LogP) is 10.1. The Hall–Kier alpha value is -7.64. The van der Waals surface area contributed by atoms with Crippen molar-refractivity contribution >= 4 is 97.8 Å². The molecule has 5 aromatic carbocycles. The Bertz CT molecular complexity index is 3110. The summed E-state index contributed by atoms with van der Waals surface area (Å²) in [6.45, 7) is 10.9. The SMILES string of the molecule is COc1cc2c(cc1OCc1cc(COc3cc4c(cc3OC)C(=O)N3c5ccccc5C[C@H]3C=N4)cc(NC(=O)[C@H](C)NC(=O)[C@H](C)NC(=O)CCC(C)(C)SSC(C)CCC(C)=O)c1)N=C[C@@H]1Cc3ccccc3N1C2=O. The maximum Gasteiger partial charge on any atom is 0.261 e. The average Bonchev–Trinajstić information content (AvgIpc) is 4.20. The van der Waals surface area contributed by atoms with Gasteiger partial charge in [-0.2, -0.15) is 0 Å². The van der Waals surface area contributed by atoms with Crippen LogP contribution in [0, 0.1) is 0 Å². The van der Waals surface area contributed by atoms with Crippen molar-refractivity contribution in [3.8, 4) is 23.0 Å². The number of nitrogens with zero attached hydrogens (tertiary/aromatic N) is 4. The number of carbonyl (C=O) groups excluding carboxylic acids is 6. The minimum Gasteiger partial charge on any atom is -0.493 e. The number of ether oxygens (including phenoxy) is 4. The van der Waals surface area contributed by atoms with Crippen LogP contribution in [-0.2, 0) is 45.2 Å². The van der Waals surface area contributed by atoms with E-state index in [1.807, 2.05) is 54.6 Å². The quantitative estimate of drug-likeness (QED) is 0.0554. The van der Waals surface area contributed by atoms with E-state index in [4.69, 9.17) is 28.9 Å². The Morgan fingerprint density at radius 2 is 1.18 bits per heavy atom. The van der Waals surface area contributed by atoms with Crippen molar-refractivity contribution in [1.29, 1.82) is 0 Å². The number of rotatable bonds is 22. The molecular formula is C60H65N7O10S2. The number of benzene rings is 5. The summed E-state index contributed by atoms with van der Waals surface area (Å²) in [7, 11) is 6.38. The third-order valence-electron chi connectivity index (χ3n) is 14.2. The second-order valence-electron chi connectivity index (χ2n) is 20.9. The number of ketones is 1. The van der Waals surface area contributed by atoms with Crippen molar-refractivity contribution in [2.24, 2.45) is 9.98 Å². The number of hydrogen-bond acceptors (Lipinski definition) is 14. The maximum atomic E-state index is 14.1. The van der Waals surface area contributed by atoms with Crippen molar-refractivity contribution in [2.75, 3.05) is 29.3 Å². The number of Topliss-reactive ketones (excluding diaryl/α,β-unsaturated/α-hetero) is 1. The lowest BCUT2D eigenvalue weighted by Gasteiger charge is -2.25. The van der Waals surface area contributed by atoms with Gasteiger partial charge in [0.25, 0.3) is 11.8 Å². The molecule has 9 rings (SSSR count). The number of carbonyl (C=O) groups is 6. The third kappa shape index (κ3) is 12.9. The van der Waals surface area contributed by atoms with Crippen molar-refractivity contribution in [1.82, 2.24) is 10.6 Å². The molecule has 4 aliphatic heterocycles. The normalized spacial score (nSPS) is 16.9. The zero-order chi connectivity index (χ0) is 56.1. The first kappa shape index (κ1) is 56.1. The zero-order valence-corrected chi connectivity index (χ0v) is 47.2. The Labute approximate surface area is 468 Å². The molecule has 5 amide bonds. The van der Waals surface area contributed by atoms with Crippen LogP contribution in [0.25, 0.3) is 0 Å². The molecule has 79 heavy (non-hydrogen) atoms. The lowest BCUT2D eigenvalue weighted by Crippen LogP contribution is -2.50. The van der Waals surface area contributed by atoms with Gasteiger partial charge in [-0.15, -0.1) is 0 Å². The summed E-state index contributed by atoms with van der Waals surface area (Å²) in [5, 5.41) is 8.71. The number of para-hydroxylation sites is 2. The molecule has 3 N–H and O–H groups in total. The number of methoxy groups -OCH3 is 2. The van der Waals surface area contributed by atoms with Crippen LogP contribution in [0.4, 0.5) is 28.4 Å². The molecular weight excluding hydrogens is 1040 g/mol. The summed E-state index contributed by atoms with van der Waals surface area (Å²) in [6.07, 6.45) is 6.96. The van der Waals surface area contributed by atoms with Crippen LogP contribution in [0.1, 0.15) is 110 Å². The highest BCUT2D eigenvalue weighted by Crippen LogP contribution is 2.44. The van der Waals surface area contributed by atoms with Gasteiger partial charge >= 0.3 is 0 Å². The molecule has 4 aliphatic rings. The van der Waals surface area contributed by atoms with E-state index in [1.165, 1.54) is 14.2 Å². The number of hydrogen-bond donors (Lipinski definition) is 3. The topological polar surface area (TPSA) is 207 Å². The number of fused-ring (bicyclic) bond motifs is 8. The third-order valence-corrected chi connectivity index (χ3v) is 18.1. The fourth-order valence-corrected chi connectivity index (χ4v) is 12.5. The lowest BCUT2D eigenvalue weighted by molar-refractivity contribution is -0.130. The molecule has 0 fully saturated rings. The lowest BCUT2D eigenvalue weighted by atomic mass is 10.1. The van der Waals surface area contributed by atoms with Crippen LogP contribution in [0.15, 0.2) is 101 Å². The molecule has 0 aromatic heterocycles. The summed E-state index contributed by atoms with van der Waals surface area (Å²) in [6, 6.07) is 25.2. The van der Waals surface area contributed by atoms with E-state index in [0.29, 0.717) is 88.0 Å². The van der Waals surface area contributed by atoms with E-state index in [0.717, 1.165) is 28.9 Å². The van der Waals surface area contributed by atoms with Crippen LogP contribution in [0.2, 0.25) is 0 Å². The second-order valence-corrected chi connectivity index (χ2v) is 24.2. The fourth-order valence-electron chi connectivity index (χ4n) is 9.86. The molecule has 412 valence electrons. The Kier molecular flexibility index (Phi) is 17.2. The van der Waals surface area contributed by atoms with Gasteiger partial charge in [-0.3, -0.25) is 43.8 Å². The van der Waals surface area contributed by atoms with E-state index in [-0.39, 0.29) is 65.2 Å². The van der Waals surface area contributed by atoms with E-state index < -0.39 is 23.9 Å². The molecule has 17 nitrogen and oxygen atoms in total. The number of anilines is 3. The van der Waals surface area contributed by atoms with Gasteiger partial charge in [-0.05, 0) is 112 Å². The van der Waals surface area contributed by atoms with Gasteiger partial charge in [0.1, 0.15) is 31.1 Å². The van der Waals surface area contributed by atoms with Crippen molar-refractivity contribution < 1.29 is 47.7 Å². The first-order chi connectivity index (χ1) is 37.9. The molecule has 0 saturated heterocycles. The first-order valence-corrected chi connectivity index (χ1v) is 28.6. The van der Waals surface area contributed by atoms with Crippen LogP contribution in [-0.4, -0.2) is 96.1 Å². The fraction of sp³-hybridized carbons (Fsp3) is 0.367. The standard InChI is InChI=1S/C60H65N7O10S2/c1-34(68)17-18-35(2)78-79-60(5,6)20-19-55(69)63-36(3)56(70)64-37(4)57(71)65-42-22-38(32-76-53-28-47-45(26-51(53)74-7)58(72)66-43(30-61-47)24-40-13-9-11-15-49(40)66)21-39(23-42)33-77-54-29-48-46(27-52(54)75-8)59(73)67-44(31-62-48)25-41-14-10-12-16-50(41)67/h9-16,21-23,26-31,35-37,43-44H,17-20,24-25,32-33H2,1-8H3,(H,63,69)(H,64,70)(H,65,71)/t35?,36-,37-,43-,44-/m0/s1. The van der Waals surface area contributed by atoms with E-state index in [2.05, 4.69) is 36.7 Å². The summed E-state index contributed by atoms with van der Waals surface area (Å²) >= 11 is 0. The average molecular weight is 1110 g/mol. The highest BCUT2D eigenvalue weighted by Gasteiger charge is 2.38. The molecule has 0 bridgehead atoms. The van der Waals surface area contributed by atoms with Gasteiger partial charge in [0, 0.05) is 77.3 Å². The summed E-state index contributed by atoms with van der Waals surface area (Å²) < 4.78 is 24.2. The Balaban J connectivity index is 0.901. The first-order valence-electron chi connectivity index (χ1n) is 26.4. The number of aliphatic imine (C=N–C) groups is 2. The van der Waals surface area contributed by atoms with Crippen LogP contribution in [0.3, 0.4) is 0 Å². The van der Waals surface area contributed by atoms with Gasteiger partial charge in [0.15, 0.2) is 23.0 Å². The van der Waals surface area contributed by atoms with E-state index in [1.54, 1.807) is 101 Å². The van der Waals surface area contributed by atoms with Gasteiger partial charge in [-0.1, -0.05) is 64.9 Å². The van der Waals surface area contributed by atoms with Crippen molar-refractivity contribution in [3.05, 3.63) is 124 Å². The highest BCUT2D eigenvalue weighted by molar-refractivity contribution is 8.77. The van der Waals surface area contributed by atoms with E-state index in [9.17, 15) is 28.8 Å². The molecule has 1 unspecified atom stereocenters. The van der Waals surface area contributed by atoms with Gasteiger partial charge in [-0.25, -0.2) is 0 Å². The maximum absolute atomic E-state index is 14.1. The Morgan fingerprint density at radius 3 is 1.68 bits per heavy atom. The molecule has 0 aliphatic carbocycles. The minimum atomic E-state index is -1.02. The van der Waals surface area contributed by atoms with Crippen LogP contribution < -0.4 is 44.7 Å². The predicted molar refractivity (Wildman–Crippen MR) is 311 cm³/mol. The number of amides is 5. The van der Waals surface area contributed by atoms with Gasteiger partial charge in [0.2, 0.25) is 17.7 Å². The van der Waals surface area contributed by atoms with Crippen molar-refractivity contribution in [2.45, 2.75) is 127 Å². The minimum absolute atomic E-state index is 0.0239. The van der Waals surface area contributed by atoms with Gasteiger partial charge < -0.3 is 39.7 Å². The molecule has 19 heteroatoms. The van der Waals surface area contributed by atoms with Crippen molar-refractivity contribution in [3.63, 3.8) is 0 Å². The van der Waals surface area contributed by atoms with Crippen LogP contribution in [0.5, 0.6) is 23.0 Å². The molecule has 4 heterocycles. The molecule has 5 atom stereocenters. The molecule has 0 radical (unpaired) electrons. The highest BCUT2D eigenvalue weighted by atomic mass is 33.1. The Morgan fingerprint density at radius 1 is 0.671 bits per heavy atom.